The van der Waals surface area contributed by atoms with Crippen LogP contribution in [-0.2, 0) is 4.74 Å². The molecule has 0 aromatic carbocycles. The van der Waals surface area contributed by atoms with Crippen LogP contribution in [0, 0.1) is 5.92 Å². The molecule has 1 fully saturated rings. The topological polar surface area (TPSA) is 24.5 Å². The molecule has 1 aliphatic rings. The Balaban J connectivity index is 1.91. The zero-order valence-corrected chi connectivity index (χ0v) is 11.2. The molecule has 0 aliphatic carbocycles. The Morgan fingerprint density at radius 1 is 1.12 bits per heavy atom. The number of nitrogens with one attached hydrogen (secondary N) is 1. The number of rotatable bonds is 7. The van der Waals surface area contributed by atoms with E-state index in [1.165, 1.54) is 19.4 Å². The highest BCUT2D eigenvalue weighted by atomic mass is 16.5. The summed E-state index contributed by atoms with van der Waals surface area (Å²) in [7, 11) is 0. The minimum atomic E-state index is 0.642. The minimum absolute atomic E-state index is 0.642. The van der Waals surface area contributed by atoms with Gasteiger partial charge in [-0.05, 0) is 38.8 Å². The molecule has 1 saturated heterocycles. The van der Waals surface area contributed by atoms with E-state index in [-0.39, 0.29) is 0 Å². The van der Waals surface area contributed by atoms with E-state index in [0.29, 0.717) is 6.04 Å². The SMILES string of the molecule is CC(C)C(C)NCCCCN1CCOCC1. The van der Waals surface area contributed by atoms with E-state index in [2.05, 4.69) is 31.0 Å². The van der Waals surface area contributed by atoms with Crippen LogP contribution in [0.2, 0.25) is 0 Å². The summed E-state index contributed by atoms with van der Waals surface area (Å²) in [6, 6.07) is 0.642. The molecular formula is C13H28N2O. The van der Waals surface area contributed by atoms with Gasteiger partial charge < -0.3 is 10.1 Å². The van der Waals surface area contributed by atoms with Gasteiger partial charge in [-0.1, -0.05) is 13.8 Å². The van der Waals surface area contributed by atoms with Gasteiger partial charge in [0.25, 0.3) is 0 Å². The summed E-state index contributed by atoms with van der Waals surface area (Å²) in [6.45, 7) is 13.3. The Morgan fingerprint density at radius 3 is 2.44 bits per heavy atom. The zero-order chi connectivity index (χ0) is 11.8. The van der Waals surface area contributed by atoms with Gasteiger partial charge in [0.2, 0.25) is 0 Å². The third-order valence-corrected chi connectivity index (χ3v) is 3.47. The number of hydrogen-bond donors (Lipinski definition) is 1. The van der Waals surface area contributed by atoms with Gasteiger partial charge in [0.1, 0.15) is 0 Å². The first kappa shape index (κ1) is 13.9. The molecule has 1 unspecified atom stereocenters. The van der Waals surface area contributed by atoms with Crippen LogP contribution in [0.25, 0.3) is 0 Å². The van der Waals surface area contributed by atoms with E-state index in [1.54, 1.807) is 0 Å². The van der Waals surface area contributed by atoms with E-state index >= 15 is 0 Å². The van der Waals surface area contributed by atoms with Crippen molar-refractivity contribution in [3.8, 4) is 0 Å². The molecule has 0 bridgehead atoms. The van der Waals surface area contributed by atoms with Crippen molar-refractivity contribution < 1.29 is 4.74 Å². The highest BCUT2D eigenvalue weighted by Crippen LogP contribution is 2.02. The number of hydrogen-bond acceptors (Lipinski definition) is 3. The molecule has 0 saturated carbocycles. The molecule has 0 radical (unpaired) electrons. The van der Waals surface area contributed by atoms with Crippen LogP contribution in [0.3, 0.4) is 0 Å². The predicted molar refractivity (Wildman–Crippen MR) is 68.8 cm³/mol. The molecule has 1 atom stereocenters. The maximum atomic E-state index is 5.33. The summed E-state index contributed by atoms with van der Waals surface area (Å²) >= 11 is 0. The summed E-state index contributed by atoms with van der Waals surface area (Å²) in [6.07, 6.45) is 2.59. The smallest absolute Gasteiger partial charge is 0.0594 e. The Morgan fingerprint density at radius 2 is 1.81 bits per heavy atom. The van der Waals surface area contributed by atoms with Crippen LogP contribution in [0.15, 0.2) is 0 Å². The van der Waals surface area contributed by atoms with Gasteiger partial charge >= 0.3 is 0 Å². The Hall–Kier alpha value is -0.120. The first-order valence-corrected chi connectivity index (χ1v) is 6.73. The van der Waals surface area contributed by atoms with Gasteiger partial charge in [-0.25, -0.2) is 0 Å². The summed E-state index contributed by atoms with van der Waals surface area (Å²) in [5, 5.41) is 3.58. The van der Waals surface area contributed by atoms with Crippen LogP contribution >= 0.6 is 0 Å². The van der Waals surface area contributed by atoms with E-state index in [0.717, 1.165) is 38.8 Å². The van der Waals surface area contributed by atoms with Crippen LogP contribution < -0.4 is 5.32 Å². The molecular weight excluding hydrogens is 200 g/mol. The lowest BCUT2D eigenvalue weighted by Gasteiger charge is -2.26. The number of ether oxygens (including phenoxy) is 1. The van der Waals surface area contributed by atoms with E-state index in [9.17, 15) is 0 Å². The third kappa shape index (κ3) is 5.83. The van der Waals surface area contributed by atoms with Crippen molar-refractivity contribution in [2.24, 2.45) is 5.92 Å². The van der Waals surface area contributed by atoms with Crippen LogP contribution in [0.1, 0.15) is 33.6 Å². The molecule has 0 amide bonds. The summed E-state index contributed by atoms with van der Waals surface area (Å²) in [5.74, 6) is 0.735. The van der Waals surface area contributed by atoms with Gasteiger partial charge in [0.15, 0.2) is 0 Å². The van der Waals surface area contributed by atoms with E-state index in [4.69, 9.17) is 4.74 Å². The average molecular weight is 228 g/mol. The van der Waals surface area contributed by atoms with Gasteiger partial charge in [0, 0.05) is 19.1 Å². The Kier molecular flexibility index (Phi) is 7.01. The van der Waals surface area contributed by atoms with Crippen LogP contribution in [0.5, 0.6) is 0 Å². The standard InChI is InChI=1S/C13H28N2O/c1-12(2)13(3)14-6-4-5-7-15-8-10-16-11-9-15/h12-14H,4-11H2,1-3H3. The summed E-state index contributed by atoms with van der Waals surface area (Å²) in [5.41, 5.74) is 0. The molecule has 0 spiro atoms. The monoisotopic (exact) mass is 228 g/mol. The summed E-state index contributed by atoms with van der Waals surface area (Å²) in [4.78, 5) is 2.51. The van der Waals surface area contributed by atoms with Crippen molar-refractivity contribution >= 4 is 0 Å². The molecule has 3 heteroatoms. The van der Waals surface area contributed by atoms with Crippen molar-refractivity contribution in [3.63, 3.8) is 0 Å². The lowest BCUT2D eigenvalue weighted by molar-refractivity contribution is 0.0372. The second-order valence-electron chi connectivity index (χ2n) is 5.15. The van der Waals surface area contributed by atoms with Crippen molar-refractivity contribution in [3.05, 3.63) is 0 Å². The summed E-state index contributed by atoms with van der Waals surface area (Å²) < 4.78 is 5.33. The second kappa shape index (κ2) is 8.04. The fraction of sp³-hybridized carbons (Fsp3) is 1.00. The molecule has 0 aromatic rings. The Labute approximate surface area is 101 Å². The third-order valence-electron chi connectivity index (χ3n) is 3.47. The first-order valence-electron chi connectivity index (χ1n) is 6.73. The van der Waals surface area contributed by atoms with Crippen molar-refractivity contribution in [2.75, 3.05) is 39.4 Å². The second-order valence-corrected chi connectivity index (χ2v) is 5.15. The lowest BCUT2D eigenvalue weighted by Crippen LogP contribution is -2.37. The maximum Gasteiger partial charge on any atom is 0.0594 e. The van der Waals surface area contributed by atoms with Gasteiger partial charge in [-0.2, -0.15) is 0 Å². The largest absolute Gasteiger partial charge is 0.379 e. The zero-order valence-electron chi connectivity index (χ0n) is 11.2. The van der Waals surface area contributed by atoms with Crippen molar-refractivity contribution in [1.29, 1.82) is 0 Å². The fourth-order valence-electron chi connectivity index (χ4n) is 1.85. The normalized spacial score (nSPS) is 20.2. The maximum absolute atomic E-state index is 5.33. The molecule has 0 aromatic heterocycles. The molecule has 1 N–H and O–H groups in total. The van der Waals surface area contributed by atoms with Gasteiger partial charge in [0.05, 0.1) is 13.2 Å². The lowest BCUT2D eigenvalue weighted by atomic mass is 10.1. The van der Waals surface area contributed by atoms with E-state index < -0.39 is 0 Å². The first-order chi connectivity index (χ1) is 7.70. The van der Waals surface area contributed by atoms with Gasteiger partial charge in [-0.15, -0.1) is 0 Å². The highest BCUT2D eigenvalue weighted by molar-refractivity contribution is 4.65. The van der Waals surface area contributed by atoms with Crippen molar-refractivity contribution in [1.82, 2.24) is 10.2 Å². The van der Waals surface area contributed by atoms with Crippen LogP contribution in [-0.4, -0.2) is 50.3 Å². The molecule has 16 heavy (non-hydrogen) atoms. The minimum Gasteiger partial charge on any atom is -0.379 e. The number of unbranched alkanes of at least 4 members (excludes halogenated alkanes) is 1. The quantitative estimate of drug-likeness (QED) is 0.672. The molecule has 1 rings (SSSR count). The number of nitrogens with zero attached hydrogens (tertiary/aromatic N) is 1. The van der Waals surface area contributed by atoms with Gasteiger partial charge in [-0.3, -0.25) is 4.90 Å². The van der Waals surface area contributed by atoms with E-state index in [1.807, 2.05) is 0 Å². The number of morpholine rings is 1. The Bertz CT molecular complexity index is 167. The highest BCUT2D eigenvalue weighted by Gasteiger charge is 2.09. The average Bonchev–Trinajstić information content (AvgIpc) is 2.29. The molecule has 3 nitrogen and oxygen atoms in total. The van der Waals surface area contributed by atoms with Crippen LogP contribution in [0.4, 0.5) is 0 Å². The predicted octanol–water partition coefficient (Wildman–Crippen LogP) is 1.73. The molecule has 1 heterocycles. The molecule has 96 valence electrons. The fourth-order valence-corrected chi connectivity index (χ4v) is 1.85. The van der Waals surface area contributed by atoms with Crippen molar-refractivity contribution in [2.45, 2.75) is 39.7 Å². The molecule has 1 aliphatic heterocycles.